The van der Waals surface area contributed by atoms with Gasteiger partial charge in [0.2, 0.25) is 0 Å². The van der Waals surface area contributed by atoms with Gasteiger partial charge in [-0.15, -0.1) is 0 Å². The molecule has 19 heavy (non-hydrogen) atoms. The number of aliphatic carboxylic acids is 1. The molecule has 1 rings (SSSR count). The number of nitrogens with two attached hydrogens (primary N) is 1. The minimum Gasteiger partial charge on any atom is -0.494 e. The van der Waals surface area contributed by atoms with E-state index in [-0.39, 0.29) is 0 Å². The summed E-state index contributed by atoms with van der Waals surface area (Å²) in [5.41, 5.74) is 7.09. The first-order valence-corrected chi connectivity index (χ1v) is 6.61. The van der Waals surface area contributed by atoms with E-state index in [1.165, 1.54) is 11.1 Å². The molecule has 0 bridgehead atoms. The Bertz CT molecular complexity index is 445. The van der Waals surface area contributed by atoms with Crippen molar-refractivity contribution in [3.63, 3.8) is 0 Å². The van der Waals surface area contributed by atoms with E-state index in [1.54, 1.807) is 6.92 Å². The molecule has 0 saturated carbocycles. The minimum absolute atomic E-state index is 0.420. The molecule has 4 heteroatoms. The van der Waals surface area contributed by atoms with Crippen LogP contribution in [0.15, 0.2) is 18.2 Å². The van der Waals surface area contributed by atoms with E-state index < -0.39 is 11.5 Å². The fourth-order valence-corrected chi connectivity index (χ4v) is 1.82. The Balaban J connectivity index is 2.42. The molecular formula is C15H23NO3. The predicted octanol–water partition coefficient (Wildman–Crippen LogP) is 2.65. The lowest BCUT2D eigenvalue weighted by atomic mass is 9.92. The lowest BCUT2D eigenvalue weighted by Crippen LogP contribution is -2.47. The molecule has 0 spiro atoms. The first-order chi connectivity index (χ1) is 8.89. The molecule has 1 aromatic carbocycles. The summed E-state index contributed by atoms with van der Waals surface area (Å²) in [6, 6.07) is 5.93. The van der Waals surface area contributed by atoms with Gasteiger partial charge in [0, 0.05) is 0 Å². The first kappa shape index (κ1) is 15.5. The Morgan fingerprint density at radius 3 is 2.58 bits per heavy atom. The maximum Gasteiger partial charge on any atom is 0.323 e. The van der Waals surface area contributed by atoms with Gasteiger partial charge in [-0.05, 0) is 56.4 Å². The molecule has 0 aliphatic heterocycles. The molecule has 1 aromatic rings. The van der Waals surface area contributed by atoms with E-state index >= 15 is 0 Å². The van der Waals surface area contributed by atoms with Crippen LogP contribution >= 0.6 is 0 Å². The van der Waals surface area contributed by atoms with Crippen LogP contribution in [0.3, 0.4) is 0 Å². The Labute approximate surface area is 114 Å². The van der Waals surface area contributed by atoms with Crippen LogP contribution in [0.25, 0.3) is 0 Å². The maximum absolute atomic E-state index is 11.0. The van der Waals surface area contributed by atoms with E-state index in [0.717, 1.165) is 5.75 Å². The monoisotopic (exact) mass is 265 g/mol. The van der Waals surface area contributed by atoms with Gasteiger partial charge in [-0.25, -0.2) is 0 Å². The van der Waals surface area contributed by atoms with Crippen molar-refractivity contribution in [3.8, 4) is 5.75 Å². The van der Waals surface area contributed by atoms with Crippen molar-refractivity contribution in [1.29, 1.82) is 0 Å². The molecular weight excluding hydrogens is 242 g/mol. The van der Waals surface area contributed by atoms with Crippen molar-refractivity contribution in [1.82, 2.24) is 0 Å². The third-order valence-electron chi connectivity index (χ3n) is 3.57. The maximum atomic E-state index is 11.0. The average molecular weight is 265 g/mol. The van der Waals surface area contributed by atoms with Crippen molar-refractivity contribution in [2.75, 3.05) is 6.61 Å². The summed E-state index contributed by atoms with van der Waals surface area (Å²) in [6.45, 7) is 6.36. The van der Waals surface area contributed by atoms with E-state index in [2.05, 4.69) is 6.92 Å². The second-order valence-electron chi connectivity index (χ2n) is 5.01. The number of carboxylic acids is 1. The third kappa shape index (κ3) is 4.24. The minimum atomic E-state index is -1.13. The van der Waals surface area contributed by atoms with Gasteiger partial charge in [-0.1, -0.05) is 13.0 Å². The van der Waals surface area contributed by atoms with E-state index in [4.69, 9.17) is 15.6 Å². The highest BCUT2D eigenvalue weighted by atomic mass is 16.5. The molecule has 3 N–H and O–H groups in total. The van der Waals surface area contributed by atoms with Crippen molar-refractivity contribution < 1.29 is 14.6 Å². The molecule has 1 atom stereocenters. The molecule has 0 saturated heterocycles. The normalized spacial score (nSPS) is 13.9. The molecule has 0 aromatic heterocycles. The molecule has 0 aliphatic carbocycles. The van der Waals surface area contributed by atoms with Crippen LogP contribution in [0.1, 0.15) is 37.3 Å². The fourth-order valence-electron chi connectivity index (χ4n) is 1.82. The summed E-state index contributed by atoms with van der Waals surface area (Å²) < 4.78 is 5.61. The van der Waals surface area contributed by atoms with Gasteiger partial charge in [0.1, 0.15) is 11.3 Å². The highest BCUT2D eigenvalue weighted by molar-refractivity contribution is 5.78. The Hall–Kier alpha value is -1.55. The fraction of sp³-hybridized carbons (Fsp3) is 0.533. The molecule has 0 radical (unpaired) electrons. The quantitative estimate of drug-likeness (QED) is 0.743. The topological polar surface area (TPSA) is 72.5 Å². The zero-order chi connectivity index (χ0) is 14.5. The Kier molecular flexibility index (Phi) is 5.36. The predicted molar refractivity (Wildman–Crippen MR) is 75.5 cm³/mol. The van der Waals surface area contributed by atoms with Crippen molar-refractivity contribution >= 4 is 5.97 Å². The van der Waals surface area contributed by atoms with E-state index in [0.29, 0.717) is 25.9 Å². The molecule has 0 heterocycles. The van der Waals surface area contributed by atoms with Crippen LogP contribution < -0.4 is 10.5 Å². The highest BCUT2D eigenvalue weighted by Crippen LogP contribution is 2.18. The lowest BCUT2D eigenvalue weighted by Gasteiger charge is -2.22. The highest BCUT2D eigenvalue weighted by Gasteiger charge is 2.30. The summed E-state index contributed by atoms with van der Waals surface area (Å²) in [5, 5.41) is 9.05. The molecule has 106 valence electrons. The van der Waals surface area contributed by atoms with Gasteiger partial charge in [-0.3, -0.25) is 4.79 Å². The van der Waals surface area contributed by atoms with E-state index in [1.807, 2.05) is 25.1 Å². The van der Waals surface area contributed by atoms with Crippen molar-refractivity contribution in [2.24, 2.45) is 5.73 Å². The Morgan fingerprint density at radius 1 is 1.37 bits per heavy atom. The molecule has 0 aliphatic rings. The van der Waals surface area contributed by atoms with Crippen molar-refractivity contribution in [2.45, 2.75) is 45.6 Å². The molecule has 0 amide bonds. The number of carbonyl (C=O) groups is 1. The number of hydrogen-bond donors (Lipinski definition) is 2. The Morgan fingerprint density at radius 2 is 2.05 bits per heavy atom. The summed E-state index contributed by atoms with van der Waals surface area (Å²) >= 11 is 0. The SMILES string of the molecule is CCC(N)(CCCOc1ccc(C)c(C)c1)C(=O)O. The molecule has 4 nitrogen and oxygen atoms in total. The second kappa shape index (κ2) is 6.57. The number of carboxylic acid groups (broad SMARTS) is 1. The number of benzene rings is 1. The number of aryl methyl sites for hydroxylation is 2. The number of rotatable bonds is 7. The molecule has 0 fully saturated rings. The first-order valence-electron chi connectivity index (χ1n) is 6.61. The summed E-state index contributed by atoms with van der Waals surface area (Å²) in [5.74, 6) is -0.126. The smallest absolute Gasteiger partial charge is 0.323 e. The van der Waals surface area contributed by atoms with Crippen LogP contribution in [0.5, 0.6) is 5.75 Å². The van der Waals surface area contributed by atoms with Crippen LogP contribution in [0.4, 0.5) is 0 Å². The second-order valence-corrected chi connectivity index (χ2v) is 5.01. The third-order valence-corrected chi connectivity index (χ3v) is 3.57. The van der Waals surface area contributed by atoms with Crippen molar-refractivity contribution in [3.05, 3.63) is 29.3 Å². The van der Waals surface area contributed by atoms with Crippen LogP contribution in [0.2, 0.25) is 0 Å². The lowest BCUT2D eigenvalue weighted by molar-refractivity contribution is -0.143. The zero-order valence-electron chi connectivity index (χ0n) is 11.9. The standard InChI is InChI=1S/C15H23NO3/c1-4-15(16,14(17)18)8-5-9-19-13-7-6-11(2)12(3)10-13/h6-7,10H,4-5,8-9,16H2,1-3H3,(H,17,18). The number of hydrogen-bond acceptors (Lipinski definition) is 3. The van der Waals surface area contributed by atoms with Gasteiger partial charge in [-0.2, -0.15) is 0 Å². The summed E-state index contributed by atoms with van der Waals surface area (Å²) in [4.78, 5) is 11.0. The van der Waals surface area contributed by atoms with Gasteiger partial charge >= 0.3 is 5.97 Å². The van der Waals surface area contributed by atoms with Crippen LogP contribution in [0, 0.1) is 13.8 Å². The number of ether oxygens (including phenoxy) is 1. The largest absolute Gasteiger partial charge is 0.494 e. The van der Waals surface area contributed by atoms with E-state index in [9.17, 15) is 4.79 Å². The zero-order valence-corrected chi connectivity index (χ0v) is 11.9. The van der Waals surface area contributed by atoms with Gasteiger partial charge in [0.15, 0.2) is 0 Å². The van der Waals surface area contributed by atoms with Gasteiger partial charge < -0.3 is 15.6 Å². The van der Waals surface area contributed by atoms with Gasteiger partial charge in [0.05, 0.1) is 6.61 Å². The van der Waals surface area contributed by atoms with Crippen LogP contribution in [-0.2, 0) is 4.79 Å². The van der Waals surface area contributed by atoms with Crippen LogP contribution in [-0.4, -0.2) is 23.2 Å². The van der Waals surface area contributed by atoms with Gasteiger partial charge in [0.25, 0.3) is 0 Å². The summed E-state index contributed by atoms with van der Waals surface area (Å²) in [6.07, 6.45) is 1.47. The average Bonchev–Trinajstić information content (AvgIpc) is 2.38. The summed E-state index contributed by atoms with van der Waals surface area (Å²) in [7, 11) is 0. The molecule has 1 unspecified atom stereocenters.